The Balaban J connectivity index is 2.78. The van der Waals surface area contributed by atoms with Crippen molar-refractivity contribution in [2.45, 2.75) is 25.3 Å². The molecule has 92 valence electrons. The molecule has 0 spiro atoms. The van der Waals surface area contributed by atoms with Crippen molar-refractivity contribution in [2.24, 2.45) is 0 Å². The number of amides is 1. The molecule has 1 aliphatic rings. The van der Waals surface area contributed by atoms with Crippen LogP contribution in [0.3, 0.4) is 0 Å². The Labute approximate surface area is 100 Å². The van der Waals surface area contributed by atoms with Gasteiger partial charge in [0.1, 0.15) is 12.1 Å². The van der Waals surface area contributed by atoms with Gasteiger partial charge in [0, 0.05) is 12.5 Å². The van der Waals surface area contributed by atoms with Crippen LogP contribution in [0.2, 0.25) is 0 Å². The van der Waals surface area contributed by atoms with Gasteiger partial charge in [0.2, 0.25) is 0 Å². The fourth-order valence-corrected chi connectivity index (χ4v) is 1.78. The number of hydrogen-bond acceptors (Lipinski definition) is 3. The van der Waals surface area contributed by atoms with Crippen LogP contribution in [0.1, 0.15) is 19.8 Å². The second-order valence-corrected chi connectivity index (χ2v) is 3.95. The summed E-state index contributed by atoms with van der Waals surface area (Å²) in [5.74, 6) is 3.48. The molecule has 1 N–H and O–H groups in total. The van der Waals surface area contributed by atoms with E-state index in [1.807, 2.05) is 0 Å². The number of aliphatic carboxylic acids is 1. The summed E-state index contributed by atoms with van der Waals surface area (Å²) in [5, 5.41) is 8.53. The molecule has 1 saturated heterocycles. The highest BCUT2D eigenvalue weighted by molar-refractivity contribution is 5.87. The van der Waals surface area contributed by atoms with Gasteiger partial charge < -0.3 is 9.84 Å². The summed E-state index contributed by atoms with van der Waals surface area (Å²) >= 11 is 0. The van der Waals surface area contributed by atoms with Crippen molar-refractivity contribution < 1.29 is 19.4 Å². The minimum atomic E-state index is -1.20. The van der Waals surface area contributed by atoms with Crippen molar-refractivity contribution in [1.29, 1.82) is 0 Å². The highest BCUT2D eigenvalue weighted by Crippen LogP contribution is 2.28. The zero-order valence-electron chi connectivity index (χ0n) is 9.73. The largest absolute Gasteiger partial charge is 0.472 e. The average molecular weight is 237 g/mol. The third-order valence-electron chi connectivity index (χ3n) is 2.62. The molecule has 1 fully saturated rings. The first kappa shape index (κ1) is 13.1. The summed E-state index contributed by atoms with van der Waals surface area (Å²) in [4.78, 5) is 23.6. The number of carbonyl (C=O) groups is 2. The molecule has 17 heavy (non-hydrogen) atoms. The number of carbonyl (C=O) groups excluding carboxylic acids is 1. The van der Waals surface area contributed by atoms with Gasteiger partial charge in [-0.25, -0.2) is 9.59 Å². The highest BCUT2D eigenvalue weighted by atomic mass is 16.6. The van der Waals surface area contributed by atoms with Crippen LogP contribution >= 0.6 is 0 Å². The number of rotatable bonds is 2. The molecular weight excluding hydrogens is 222 g/mol. The summed E-state index contributed by atoms with van der Waals surface area (Å²) < 4.78 is 4.93. The maximum Gasteiger partial charge on any atom is 0.411 e. The van der Waals surface area contributed by atoms with Gasteiger partial charge in [0.25, 0.3) is 0 Å². The normalized spacial score (nSPS) is 22.5. The monoisotopic (exact) mass is 237 g/mol. The first-order valence-electron chi connectivity index (χ1n) is 5.31. The second-order valence-electron chi connectivity index (χ2n) is 3.95. The minimum Gasteiger partial charge on any atom is -0.472 e. The number of carboxylic acid groups (broad SMARTS) is 1. The Hall–Kier alpha value is -1.96. The van der Waals surface area contributed by atoms with Gasteiger partial charge in [0.05, 0.1) is 0 Å². The van der Waals surface area contributed by atoms with E-state index < -0.39 is 17.6 Å². The summed E-state index contributed by atoms with van der Waals surface area (Å²) in [6.07, 6.45) is 2.43. The molecule has 5 heteroatoms. The van der Waals surface area contributed by atoms with Crippen molar-refractivity contribution in [3.63, 3.8) is 0 Å². The lowest BCUT2D eigenvalue weighted by Gasteiger charge is -2.29. The Morgan fingerprint density at radius 2 is 2.35 bits per heavy atom. The zero-order valence-corrected chi connectivity index (χ0v) is 9.73. The van der Waals surface area contributed by atoms with Crippen LogP contribution in [0.4, 0.5) is 4.79 Å². The van der Waals surface area contributed by atoms with E-state index >= 15 is 0 Å². The van der Waals surface area contributed by atoms with E-state index in [9.17, 15) is 9.59 Å². The molecule has 0 saturated carbocycles. The SMILES string of the molecule is C=CCOC(=O)N1CCC[C@]1(C)C#CC(=O)O. The van der Waals surface area contributed by atoms with Gasteiger partial charge in [-0.15, -0.1) is 0 Å². The van der Waals surface area contributed by atoms with Crippen LogP contribution in [0, 0.1) is 11.8 Å². The predicted molar refractivity (Wildman–Crippen MR) is 61.3 cm³/mol. The Bertz CT molecular complexity index is 393. The maximum absolute atomic E-state index is 11.7. The van der Waals surface area contributed by atoms with Gasteiger partial charge in [-0.1, -0.05) is 18.6 Å². The number of nitrogens with zero attached hydrogens (tertiary/aromatic N) is 1. The van der Waals surface area contributed by atoms with Crippen LogP contribution in [-0.4, -0.2) is 40.8 Å². The first-order chi connectivity index (χ1) is 7.99. The zero-order chi connectivity index (χ0) is 12.9. The van der Waals surface area contributed by atoms with Crippen molar-refractivity contribution in [3.05, 3.63) is 12.7 Å². The van der Waals surface area contributed by atoms with Gasteiger partial charge in [-0.05, 0) is 19.8 Å². The van der Waals surface area contributed by atoms with Crippen LogP contribution in [0.25, 0.3) is 0 Å². The second kappa shape index (κ2) is 5.39. The molecule has 1 atom stereocenters. The predicted octanol–water partition coefficient (Wildman–Crippen LogP) is 1.25. The lowest BCUT2D eigenvalue weighted by Crippen LogP contribution is -2.44. The molecule has 1 aliphatic heterocycles. The molecule has 0 aromatic carbocycles. The molecule has 1 heterocycles. The molecular formula is C12H15NO4. The number of hydrogen-bond donors (Lipinski definition) is 1. The highest BCUT2D eigenvalue weighted by Gasteiger charge is 2.39. The fraction of sp³-hybridized carbons (Fsp3) is 0.500. The van der Waals surface area contributed by atoms with E-state index in [-0.39, 0.29) is 6.61 Å². The number of carboxylic acids is 1. The van der Waals surface area contributed by atoms with Gasteiger partial charge in [-0.2, -0.15) is 0 Å². The van der Waals surface area contributed by atoms with E-state index in [2.05, 4.69) is 18.4 Å². The molecule has 0 radical (unpaired) electrons. The standard InChI is InChI=1S/C12H15NO4/c1-3-9-17-11(16)13-8-4-6-12(13,2)7-5-10(14)15/h3H,1,4,6,8-9H2,2H3,(H,14,15)/t12-/m1/s1. The quantitative estimate of drug-likeness (QED) is 0.580. The summed E-state index contributed by atoms with van der Waals surface area (Å²) in [7, 11) is 0. The molecule has 0 aliphatic carbocycles. The van der Waals surface area contributed by atoms with Gasteiger partial charge >= 0.3 is 12.1 Å². The molecule has 5 nitrogen and oxygen atoms in total. The Kier molecular flexibility index (Phi) is 4.16. The molecule has 0 aromatic heterocycles. The van der Waals surface area contributed by atoms with E-state index in [0.29, 0.717) is 13.0 Å². The topological polar surface area (TPSA) is 66.8 Å². The van der Waals surface area contributed by atoms with Crippen LogP contribution < -0.4 is 0 Å². The minimum absolute atomic E-state index is 0.137. The molecule has 0 unspecified atom stereocenters. The third-order valence-corrected chi connectivity index (χ3v) is 2.62. The molecule has 0 bridgehead atoms. The van der Waals surface area contributed by atoms with Crippen molar-refractivity contribution in [1.82, 2.24) is 4.90 Å². The van der Waals surface area contributed by atoms with E-state index in [4.69, 9.17) is 9.84 Å². The number of ether oxygens (including phenoxy) is 1. The average Bonchev–Trinajstić information content (AvgIpc) is 2.66. The summed E-state index contributed by atoms with van der Waals surface area (Å²) in [5.41, 5.74) is -0.753. The molecule has 1 rings (SSSR count). The third kappa shape index (κ3) is 3.25. The first-order valence-corrected chi connectivity index (χ1v) is 5.31. The number of likely N-dealkylation sites (tertiary alicyclic amines) is 1. The van der Waals surface area contributed by atoms with Gasteiger partial charge in [-0.3, -0.25) is 4.90 Å². The summed E-state index contributed by atoms with van der Waals surface area (Å²) in [6, 6.07) is 0. The lowest BCUT2D eigenvalue weighted by molar-refractivity contribution is -0.130. The van der Waals surface area contributed by atoms with Gasteiger partial charge in [0.15, 0.2) is 0 Å². The van der Waals surface area contributed by atoms with Crippen LogP contribution in [0.5, 0.6) is 0 Å². The molecule has 0 aromatic rings. The van der Waals surface area contributed by atoms with E-state index in [0.717, 1.165) is 6.42 Å². The molecule has 1 amide bonds. The fourth-order valence-electron chi connectivity index (χ4n) is 1.78. The van der Waals surface area contributed by atoms with E-state index in [1.54, 1.807) is 6.92 Å². The van der Waals surface area contributed by atoms with Crippen molar-refractivity contribution >= 4 is 12.1 Å². The Morgan fingerprint density at radius 3 is 2.94 bits per heavy atom. The van der Waals surface area contributed by atoms with Crippen LogP contribution in [0.15, 0.2) is 12.7 Å². The van der Waals surface area contributed by atoms with Crippen molar-refractivity contribution in [3.8, 4) is 11.8 Å². The maximum atomic E-state index is 11.7. The summed E-state index contributed by atoms with van der Waals surface area (Å²) in [6.45, 7) is 5.86. The Morgan fingerprint density at radius 1 is 1.65 bits per heavy atom. The van der Waals surface area contributed by atoms with E-state index in [1.165, 1.54) is 11.0 Å². The van der Waals surface area contributed by atoms with Crippen LogP contribution in [-0.2, 0) is 9.53 Å². The lowest BCUT2D eigenvalue weighted by atomic mass is 10.0. The smallest absolute Gasteiger partial charge is 0.411 e. The van der Waals surface area contributed by atoms with Crippen molar-refractivity contribution in [2.75, 3.05) is 13.2 Å².